The quantitative estimate of drug-likeness (QED) is 0.300. The molecule has 2 aromatic heterocycles. The fourth-order valence-corrected chi connectivity index (χ4v) is 3.71. The van der Waals surface area contributed by atoms with Gasteiger partial charge in [0, 0.05) is 31.1 Å². The van der Waals surface area contributed by atoms with Crippen LogP contribution in [0.15, 0.2) is 24.3 Å². The van der Waals surface area contributed by atoms with E-state index in [1.54, 1.807) is 11.4 Å². The minimum atomic E-state index is -5.77. The van der Waals surface area contributed by atoms with Gasteiger partial charge in [-0.15, -0.1) is 15.3 Å². The van der Waals surface area contributed by atoms with Crippen LogP contribution in [0.1, 0.15) is 23.7 Å². The molecule has 8 nitrogen and oxygen atoms in total. The van der Waals surface area contributed by atoms with Gasteiger partial charge in [-0.2, -0.15) is 30.9 Å². The molecule has 17 heteroatoms. The number of anilines is 1. The number of halogens is 9. The number of carbonyl (C=O) groups is 2. The summed E-state index contributed by atoms with van der Waals surface area (Å²) in [6, 6.07) is 4.69. The summed E-state index contributed by atoms with van der Waals surface area (Å²) in [5.41, 5.74) is 7.00. The summed E-state index contributed by atoms with van der Waals surface area (Å²) >= 11 is 0. The van der Waals surface area contributed by atoms with Gasteiger partial charge in [0.2, 0.25) is 0 Å². The van der Waals surface area contributed by atoms with Crippen LogP contribution in [0.3, 0.4) is 0 Å². The van der Waals surface area contributed by atoms with Crippen LogP contribution in [-0.4, -0.2) is 62.9 Å². The third kappa shape index (κ3) is 6.20. The van der Waals surface area contributed by atoms with Crippen molar-refractivity contribution in [2.24, 2.45) is 5.73 Å². The Hall–Kier alpha value is -3.76. The summed E-state index contributed by atoms with van der Waals surface area (Å²) in [5.74, 6) is -8.85. The van der Waals surface area contributed by atoms with Crippen LogP contribution in [-0.2, 0) is 9.59 Å². The number of aromatic nitrogens is 4. The number of fused-ring (bicyclic) bond motifs is 1. The Morgan fingerprint density at radius 1 is 0.921 bits per heavy atom. The maximum absolute atomic E-state index is 14.1. The van der Waals surface area contributed by atoms with E-state index in [0.717, 1.165) is 6.07 Å². The molecule has 2 atom stereocenters. The molecule has 1 fully saturated rings. The summed E-state index contributed by atoms with van der Waals surface area (Å²) in [6.45, 7) is 2.79. The van der Waals surface area contributed by atoms with Crippen LogP contribution in [0.2, 0.25) is 0 Å². The van der Waals surface area contributed by atoms with Gasteiger partial charge in [0.25, 0.3) is 0 Å². The molecule has 4 rings (SSSR count). The highest BCUT2D eigenvalue weighted by Crippen LogP contribution is 2.32. The van der Waals surface area contributed by atoms with E-state index in [1.807, 2.05) is 17.0 Å². The maximum Gasteiger partial charge on any atom is 0.458 e. The average molecular weight is 556 g/mol. The minimum Gasteiger partial charge on any atom is -0.354 e. The fraction of sp³-hybridized carbons (Fsp3) is 0.381. The van der Waals surface area contributed by atoms with E-state index in [-0.39, 0.29) is 11.5 Å². The van der Waals surface area contributed by atoms with Crippen molar-refractivity contribution in [3.8, 4) is 0 Å². The molecule has 3 heterocycles. The van der Waals surface area contributed by atoms with E-state index < -0.39 is 47.4 Å². The third-order valence-corrected chi connectivity index (χ3v) is 5.55. The number of nitrogens with zero attached hydrogens (tertiary/aromatic N) is 5. The molecule has 1 aliphatic heterocycles. The molecule has 1 aromatic carbocycles. The number of carbonyl (C=O) groups excluding carboxylic acids is 2. The molecule has 0 amide bonds. The molecule has 38 heavy (non-hydrogen) atoms. The number of ketones is 2. The van der Waals surface area contributed by atoms with Crippen molar-refractivity contribution in [3.63, 3.8) is 0 Å². The molecule has 0 radical (unpaired) electrons. The second kappa shape index (κ2) is 10.5. The first kappa shape index (κ1) is 28.8. The smallest absolute Gasteiger partial charge is 0.354 e. The number of aryl methyl sites for hydroxylation is 1. The third-order valence-electron chi connectivity index (χ3n) is 5.55. The predicted molar refractivity (Wildman–Crippen MR) is 112 cm³/mol. The summed E-state index contributed by atoms with van der Waals surface area (Å²) in [5, 5.41) is 12.5. The Morgan fingerprint density at radius 3 is 2.05 bits per heavy atom. The lowest BCUT2D eigenvalue weighted by Crippen LogP contribution is -2.48. The SMILES string of the molecule is Cc1nnc2ccc(N3CCC(c4cc(F)c(F)cc4F)[C@@H](N)C3)nn12.O=C(C(=O)C(F)(F)F)C(F)(F)F. The Labute approximate surface area is 207 Å². The summed E-state index contributed by atoms with van der Waals surface area (Å²) in [4.78, 5) is 21.2. The van der Waals surface area contributed by atoms with Crippen molar-refractivity contribution in [2.45, 2.75) is 37.7 Å². The highest BCUT2D eigenvalue weighted by molar-refractivity contribution is 6.41. The lowest BCUT2D eigenvalue weighted by atomic mass is 9.85. The number of nitrogens with two attached hydrogens (primary N) is 1. The maximum atomic E-state index is 14.1. The van der Waals surface area contributed by atoms with Crippen LogP contribution >= 0.6 is 0 Å². The van der Waals surface area contributed by atoms with Crippen molar-refractivity contribution in [3.05, 3.63) is 53.1 Å². The van der Waals surface area contributed by atoms with E-state index in [4.69, 9.17) is 5.73 Å². The minimum absolute atomic E-state index is 0.120. The van der Waals surface area contributed by atoms with Gasteiger partial charge in [-0.3, -0.25) is 9.59 Å². The molecule has 1 aliphatic rings. The number of Topliss-reactive ketones (excluding diaryl/α,β-unsaturated/α-hetero) is 2. The van der Waals surface area contributed by atoms with Crippen molar-refractivity contribution in [1.82, 2.24) is 19.8 Å². The van der Waals surface area contributed by atoms with E-state index in [1.165, 1.54) is 0 Å². The highest BCUT2D eigenvalue weighted by Gasteiger charge is 2.54. The fourth-order valence-electron chi connectivity index (χ4n) is 3.71. The Morgan fingerprint density at radius 2 is 1.50 bits per heavy atom. The number of hydrogen-bond acceptors (Lipinski definition) is 7. The van der Waals surface area contributed by atoms with Crippen molar-refractivity contribution < 1.29 is 49.1 Å². The van der Waals surface area contributed by atoms with Crippen LogP contribution in [0.4, 0.5) is 45.3 Å². The molecule has 2 N–H and O–H groups in total. The van der Waals surface area contributed by atoms with Crippen molar-refractivity contribution in [2.75, 3.05) is 18.0 Å². The molecule has 0 spiro atoms. The summed E-state index contributed by atoms with van der Waals surface area (Å²) in [7, 11) is 0. The van der Waals surface area contributed by atoms with Gasteiger partial charge in [-0.05, 0) is 37.1 Å². The van der Waals surface area contributed by atoms with Crippen molar-refractivity contribution in [1.29, 1.82) is 0 Å². The molecule has 0 aliphatic carbocycles. The average Bonchev–Trinajstić information content (AvgIpc) is 3.20. The van der Waals surface area contributed by atoms with E-state index in [2.05, 4.69) is 15.3 Å². The number of hydrogen-bond donors (Lipinski definition) is 1. The van der Waals surface area contributed by atoms with Crippen LogP contribution in [0.5, 0.6) is 0 Å². The van der Waals surface area contributed by atoms with Gasteiger partial charge >= 0.3 is 23.9 Å². The van der Waals surface area contributed by atoms with Crippen molar-refractivity contribution >= 4 is 23.0 Å². The molecule has 0 bridgehead atoms. The second-order valence-electron chi connectivity index (χ2n) is 8.16. The largest absolute Gasteiger partial charge is 0.458 e. The predicted octanol–water partition coefficient (Wildman–Crippen LogP) is 3.42. The Kier molecular flexibility index (Phi) is 7.99. The van der Waals surface area contributed by atoms with Crippen LogP contribution < -0.4 is 10.6 Å². The zero-order valence-corrected chi connectivity index (χ0v) is 19.1. The molecule has 1 saturated heterocycles. The Balaban J connectivity index is 0.000000284. The standard InChI is InChI=1S/C17H17F3N6.C4F6O2/c1-9-22-23-16-2-3-17(24-26(9)16)25-5-4-10(15(21)8-25)11-6-13(19)14(20)7-12(11)18;5-3(6,7)1(11)2(12)4(8,9)10/h2-3,6-7,10,15H,4-5,8,21H2,1H3;/t10?,15-;/m0./s1. The van der Waals surface area contributed by atoms with Gasteiger partial charge in [0.05, 0.1) is 0 Å². The number of piperidine rings is 1. The summed E-state index contributed by atoms with van der Waals surface area (Å²) in [6.07, 6.45) is -11.0. The number of rotatable bonds is 3. The van der Waals surface area contributed by atoms with Crippen LogP contribution in [0.25, 0.3) is 5.65 Å². The van der Waals surface area contributed by atoms with E-state index >= 15 is 0 Å². The summed E-state index contributed by atoms with van der Waals surface area (Å²) < 4.78 is 109. The van der Waals surface area contributed by atoms with E-state index in [9.17, 15) is 49.1 Å². The molecule has 206 valence electrons. The first-order chi connectivity index (χ1) is 17.5. The van der Waals surface area contributed by atoms with Gasteiger partial charge in [-0.25, -0.2) is 13.2 Å². The Bertz CT molecular complexity index is 1330. The molecular weight excluding hydrogens is 539 g/mol. The topological polar surface area (TPSA) is 106 Å². The molecule has 3 aromatic rings. The lowest BCUT2D eigenvalue weighted by molar-refractivity contribution is -0.193. The highest BCUT2D eigenvalue weighted by atomic mass is 19.4. The number of alkyl halides is 6. The molecular formula is C21H17F9N6O2. The zero-order valence-electron chi connectivity index (χ0n) is 19.1. The number of benzene rings is 1. The molecule has 0 saturated carbocycles. The first-order valence-corrected chi connectivity index (χ1v) is 10.6. The van der Waals surface area contributed by atoms with E-state index in [0.29, 0.717) is 42.9 Å². The lowest BCUT2D eigenvalue weighted by Gasteiger charge is -2.37. The zero-order chi connectivity index (χ0) is 28.6. The normalized spacial score (nSPS) is 18.2. The van der Waals surface area contributed by atoms with Gasteiger partial charge < -0.3 is 10.6 Å². The first-order valence-electron chi connectivity index (χ1n) is 10.6. The van der Waals surface area contributed by atoms with Gasteiger partial charge in [-0.1, -0.05) is 0 Å². The molecule has 1 unspecified atom stereocenters. The second-order valence-corrected chi connectivity index (χ2v) is 8.16. The van der Waals surface area contributed by atoms with Crippen LogP contribution in [0, 0.1) is 24.4 Å². The van der Waals surface area contributed by atoms with Gasteiger partial charge in [0.1, 0.15) is 11.6 Å². The monoisotopic (exact) mass is 556 g/mol. The van der Waals surface area contributed by atoms with Gasteiger partial charge in [0.15, 0.2) is 23.1 Å².